The Hall–Kier alpha value is -1.65. The zero-order chi connectivity index (χ0) is 15.9. The van der Waals surface area contributed by atoms with Gasteiger partial charge in [-0.25, -0.2) is 4.39 Å². The molecule has 0 bridgehead atoms. The van der Waals surface area contributed by atoms with Gasteiger partial charge in [0, 0.05) is 21.7 Å². The highest BCUT2D eigenvalue weighted by atomic mass is 35.5. The first-order valence-electron chi connectivity index (χ1n) is 6.88. The van der Waals surface area contributed by atoms with E-state index in [0.717, 1.165) is 10.9 Å². The van der Waals surface area contributed by atoms with Crippen LogP contribution in [-0.4, -0.2) is 9.96 Å². The summed E-state index contributed by atoms with van der Waals surface area (Å²) in [5.41, 5.74) is 2.25. The molecule has 3 aromatic rings. The van der Waals surface area contributed by atoms with E-state index in [0.29, 0.717) is 32.6 Å². The number of fused-ring (bicyclic) bond motifs is 1. The smallest absolute Gasteiger partial charge is 0.151 e. The Morgan fingerprint density at radius 3 is 2.55 bits per heavy atom. The molecule has 114 valence electrons. The Morgan fingerprint density at radius 1 is 1.23 bits per heavy atom. The topological polar surface area (TPSA) is 30.2 Å². The third-order valence-electron chi connectivity index (χ3n) is 3.49. The Kier molecular flexibility index (Phi) is 4.06. The Morgan fingerprint density at radius 2 is 1.91 bits per heavy atom. The van der Waals surface area contributed by atoms with Crippen LogP contribution in [0.2, 0.25) is 5.02 Å². The van der Waals surface area contributed by atoms with Crippen molar-refractivity contribution in [2.75, 3.05) is 5.75 Å². The number of rotatable bonds is 3. The minimum Gasteiger partial charge on any atom is -0.454 e. The number of benzene rings is 2. The van der Waals surface area contributed by atoms with E-state index in [4.69, 9.17) is 16.0 Å². The summed E-state index contributed by atoms with van der Waals surface area (Å²) in [6.07, 6.45) is 0. The predicted molar refractivity (Wildman–Crippen MR) is 88.3 cm³/mol. The van der Waals surface area contributed by atoms with Gasteiger partial charge in [0.25, 0.3) is 0 Å². The molecule has 0 N–H and O–H groups in total. The summed E-state index contributed by atoms with van der Waals surface area (Å²) in [5, 5.41) is 1.33. The van der Waals surface area contributed by atoms with Gasteiger partial charge >= 0.3 is 0 Å². The molecule has 0 spiro atoms. The van der Waals surface area contributed by atoms with Crippen molar-refractivity contribution in [3.63, 3.8) is 0 Å². The molecule has 0 aliphatic carbocycles. The van der Waals surface area contributed by atoms with E-state index in [1.807, 2.05) is 13.8 Å². The number of hydrogen-bond donors (Lipinski definition) is 0. The van der Waals surface area contributed by atoms with Gasteiger partial charge in [0.15, 0.2) is 5.76 Å². The van der Waals surface area contributed by atoms with Crippen molar-refractivity contribution in [1.82, 2.24) is 0 Å². The maximum absolute atomic E-state index is 13.1. The predicted octanol–water partition coefficient (Wildman–Crippen LogP) is 5.33. The molecule has 3 rings (SSSR count). The number of furan rings is 1. The molecule has 1 atom stereocenters. The summed E-state index contributed by atoms with van der Waals surface area (Å²) in [5.74, 6) is 0.659. The van der Waals surface area contributed by atoms with Gasteiger partial charge in [0.1, 0.15) is 11.4 Å². The molecule has 0 fully saturated rings. The van der Waals surface area contributed by atoms with Crippen molar-refractivity contribution in [2.45, 2.75) is 18.7 Å². The van der Waals surface area contributed by atoms with Crippen LogP contribution in [-0.2, 0) is 10.8 Å². The molecule has 1 heterocycles. The minimum atomic E-state index is -1.21. The van der Waals surface area contributed by atoms with Crippen LogP contribution in [0.5, 0.6) is 0 Å². The van der Waals surface area contributed by atoms with Gasteiger partial charge in [-0.15, -0.1) is 0 Å². The maximum Gasteiger partial charge on any atom is 0.151 e. The van der Waals surface area contributed by atoms with E-state index >= 15 is 0 Å². The number of hydrogen-bond acceptors (Lipinski definition) is 2. The SMILES string of the molecule is CCS(=O)c1c(-c2ccc(F)cc2)oc2c(C)cc(Cl)cc12. The third kappa shape index (κ3) is 2.57. The minimum absolute atomic E-state index is 0.322. The summed E-state index contributed by atoms with van der Waals surface area (Å²) >= 11 is 6.13. The summed E-state index contributed by atoms with van der Waals surface area (Å²) in [6.45, 7) is 3.74. The molecule has 1 aromatic heterocycles. The van der Waals surface area contributed by atoms with Crippen LogP contribution in [0.15, 0.2) is 45.7 Å². The molecule has 0 saturated carbocycles. The molecule has 0 amide bonds. The Balaban J connectivity index is 2.36. The van der Waals surface area contributed by atoms with Gasteiger partial charge in [-0.05, 0) is 48.9 Å². The number of aryl methyl sites for hydroxylation is 1. The summed E-state index contributed by atoms with van der Waals surface area (Å²) in [6, 6.07) is 9.55. The lowest BCUT2D eigenvalue weighted by molar-refractivity contribution is 0.616. The van der Waals surface area contributed by atoms with Crippen molar-refractivity contribution < 1.29 is 13.0 Å². The van der Waals surface area contributed by atoms with E-state index in [2.05, 4.69) is 0 Å². The second-order valence-electron chi connectivity index (χ2n) is 5.00. The molecule has 0 aliphatic heterocycles. The van der Waals surface area contributed by atoms with E-state index in [9.17, 15) is 8.60 Å². The van der Waals surface area contributed by atoms with E-state index in [1.165, 1.54) is 12.1 Å². The Bertz CT molecular complexity index is 868. The van der Waals surface area contributed by atoms with Gasteiger partial charge in [-0.1, -0.05) is 18.5 Å². The van der Waals surface area contributed by atoms with Crippen LogP contribution >= 0.6 is 11.6 Å². The van der Waals surface area contributed by atoms with E-state index in [1.54, 1.807) is 24.3 Å². The zero-order valence-electron chi connectivity index (χ0n) is 12.2. The quantitative estimate of drug-likeness (QED) is 0.647. The van der Waals surface area contributed by atoms with Crippen LogP contribution in [0, 0.1) is 12.7 Å². The van der Waals surface area contributed by atoms with Crippen LogP contribution < -0.4 is 0 Å². The molecule has 22 heavy (non-hydrogen) atoms. The fourth-order valence-electron chi connectivity index (χ4n) is 2.47. The normalized spacial score (nSPS) is 12.7. The first-order chi connectivity index (χ1) is 10.5. The monoisotopic (exact) mass is 336 g/mol. The second kappa shape index (κ2) is 5.86. The van der Waals surface area contributed by atoms with Crippen molar-refractivity contribution in [3.05, 3.63) is 52.8 Å². The molecule has 2 aromatic carbocycles. The van der Waals surface area contributed by atoms with Crippen molar-refractivity contribution in [1.29, 1.82) is 0 Å². The van der Waals surface area contributed by atoms with Gasteiger partial charge in [0.2, 0.25) is 0 Å². The van der Waals surface area contributed by atoms with Gasteiger partial charge in [-0.3, -0.25) is 4.21 Å². The highest BCUT2D eigenvalue weighted by molar-refractivity contribution is 7.85. The van der Waals surface area contributed by atoms with Crippen LogP contribution in [0.25, 0.3) is 22.3 Å². The molecular weight excluding hydrogens is 323 g/mol. The van der Waals surface area contributed by atoms with E-state index < -0.39 is 10.8 Å². The van der Waals surface area contributed by atoms with Gasteiger partial charge in [0.05, 0.1) is 15.7 Å². The van der Waals surface area contributed by atoms with Crippen LogP contribution in [0.4, 0.5) is 4.39 Å². The van der Waals surface area contributed by atoms with Gasteiger partial charge in [-0.2, -0.15) is 0 Å². The lowest BCUT2D eigenvalue weighted by atomic mass is 10.1. The van der Waals surface area contributed by atoms with Crippen LogP contribution in [0.3, 0.4) is 0 Å². The molecule has 0 radical (unpaired) electrons. The third-order valence-corrected chi connectivity index (χ3v) is 5.09. The summed E-state index contributed by atoms with van der Waals surface area (Å²) < 4.78 is 31.6. The lowest BCUT2D eigenvalue weighted by Gasteiger charge is -2.02. The van der Waals surface area contributed by atoms with Crippen LogP contribution in [0.1, 0.15) is 12.5 Å². The number of halogens is 2. The second-order valence-corrected chi connectivity index (χ2v) is 7.11. The summed E-state index contributed by atoms with van der Waals surface area (Å²) in [7, 11) is -1.21. The zero-order valence-corrected chi connectivity index (χ0v) is 13.7. The first kappa shape index (κ1) is 15.3. The highest BCUT2D eigenvalue weighted by Crippen LogP contribution is 2.38. The van der Waals surface area contributed by atoms with Crippen molar-refractivity contribution in [2.24, 2.45) is 0 Å². The maximum atomic E-state index is 13.1. The van der Waals surface area contributed by atoms with Crippen molar-refractivity contribution in [3.8, 4) is 11.3 Å². The van der Waals surface area contributed by atoms with Crippen molar-refractivity contribution >= 4 is 33.4 Å². The standard InChI is InChI=1S/C17H14ClFO2S/c1-3-22(20)17-14-9-12(18)8-10(2)15(14)21-16(17)11-4-6-13(19)7-5-11/h4-9H,3H2,1-2H3. The fourth-order valence-corrected chi connectivity index (χ4v) is 3.79. The molecule has 0 aliphatic rings. The molecule has 5 heteroatoms. The van der Waals surface area contributed by atoms with E-state index in [-0.39, 0.29) is 5.82 Å². The average Bonchev–Trinajstić information content (AvgIpc) is 2.87. The molecular formula is C17H14ClFO2S. The molecule has 2 nitrogen and oxygen atoms in total. The largest absolute Gasteiger partial charge is 0.454 e. The molecule has 0 saturated heterocycles. The summed E-state index contributed by atoms with van der Waals surface area (Å²) in [4.78, 5) is 0.620. The lowest BCUT2D eigenvalue weighted by Crippen LogP contribution is -1.95. The Labute approximate surface area is 135 Å². The van der Waals surface area contributed by atoms with Gasteiger partial charge < -0.3 is 4.42 Å². The fraction of sp³-hybridized carbons (Fsp3) is 0.176. The highest BCUT2D eigenvalue weighted by Gasteiger charge is 2.21. The first-order valence-corrected chi connectivity index (χ1v) is 8.58. The average molecular weight is 337 g/mol. The molecule has 1 unspecified atom stereocenters.